The van der Waals surface area contributed by atoms with E-state index in [1.807, 2.05) is 115 Å². The van der Waals surface area contributed by atoms with Crippen molar-refractivity contribution in [2.45, 2.75) is 146 Å². The first-order valence-corrected chi connectivity index (χ1v) is 23.9. The number of nitrogens with one attached hydrogen (secondary N) is 2. The van der Waals surface area contributed by atoms with Crippen LogP contribution in [0, 0.1) is 24.7 Å². The van der Waals surface area contributed by atoms with E-state index in [0.717, 1.165) is 41.8 Å². The molecule has 0 radical (unpaired) electrons. The highest BCUT2D eigenvalue weighted by atomic mass is 32.2. The summed E-state index contributed by atoms with van der Waals surface area (Å²) >= 11 is 0. The first-order chi connectivity index (χ1) is 30.0. The number of hydrogen-bond acceptors (Lipinski definition) is 8. The van der Waals surface area contributed by atoms with Gasteiger partial charge in [-0.05, 0) is 100 Å². The van der Waals surface area contributed by atoms with Crippen LogP contribution in [0.15, 0.2) is 79.0 Å². The molecule has 1 unspecified atom stereocenters. The van der Waals surface area contributed by atoms with Gasteiger partial charge in [0.1, 0.15) is 11.9 Å². The Morgan fingerprint density at radius 1 is 0.769 bits per heavy atom. The molecule has 14 heteroatoms. The van der Waals surface area contributed by atoms with E-state index in [0.29, 0.717) is 54.1 Å². The Balaban J connectivity index is 0.000000439. The van der Waals surface area contributed by atoms with Gasteiger partial charge in [-0.1, -0.05) is 134 Å². The number of rotatable bonds is 16. The number of Topliss-reactive ketones (excluding diaryl/α,β-unsaturated/α-hetero) is 1. The number of ether oxygens (including phenoxy) is 1. The van der Waals surface area contributed by atoms with Gasteiger partial charge in [-0.2, -0.15) is 8.42 Å². The smallest absolute Gasteiger partial charge is 0.275 e. The van der Waals surface area contributed by atoms with Gasteiger partial charge in [0, 0.05) is 41.6 Å². The van der Waals surface area contributed by atoms with Gasteiger partial charge in [-0.3, -0.25) is 18.9 Å². The number of ketones is 1. The molecule has 3 aromatic carbocycles. The fraction of sp³-hybridized carbons (Fsp3) is 0.549. The molecule has 0 saturated heterocycles. The topological polar surface area (TPSA) is 170 Å². The number of aryl methyl sites for hydroxylation is 3. The standard InChI is InChI=1S/C16H25NO2.C14H20O4S.C12H17NO.C9H16FN3/c1-13-5-7-14(8-6-13)15(18)17-10-12-19-11-9-16(2,3)4;1-4-5-13(19(16,17)18)14(15)12-8-6-11(7-9-12)10(2)3;1-9-5-7-10(8-6-9)11(14)13-12(2,3)4;1-9(2,3)6-8-7-13(5-4-10)12-11-8/h5-8H,9-12H2,1-4H3,(H,17,18);6-10,13H,4-5H2,1-3H3,(H,16,17,18);5-8H,1-4H3,(H,13,14);7H,4-6H2,1-3H3/i;;;10-1. The van der Waals surface area contributed by atoms with Crippen molar-refractivity contribution in [2.75, 3.05) is 26.4 Å². The number of carbonyl (C=O) groups is 3. The molecule has 1 aromatic heterocycles. The molecule has 0 saturated carbocycles. The van der Waals surface area contributed by atoms with Crippen LogP contribution in [0.4, 0.5) is 4.39 Å². The molecule has 362 valence electrons. The molecule has 0 aliphatic rings. The summed E-state index contributed by atoms with van der Waals surface area (Å²) in [7, 11) is -4.35. The van der Waals surface area contributed by atoms with E-state index in [-0.39, 0.29) is 29.2 Å². The average molecular weight is 923 g/mol. The summed E-state index contributed by atoms with van der Waals surface area (Å²) < 4.78 is 50.6. The first kappa shape index (κ1) is 58.2. The van der Waals surface area contributed by atoms with Crippen molar-refractivity contribution in [1.29, 1.82) is 0 Å². The van der Waals surface area contributed by atoms with Crippen LogP contribution in [-0.2, 0) is 27.8 Å². The number of halogens is 1. The van der Waals surface area contributed by atoms with E-state index in [4.69, 9.17) is 9.29 Å². The van der Waals surface area contributed by atoms with Gasteiger partial charge in [0.05, 0.1) is 18.8 Å². The van der Waals surface area contributed by atoms with Crippen molar-refractivity contribution in [3.8, 4) is 0 Å². The maximum Gasteiger partial charge on any atom is 0.275 e. The first-order valence-electron chi connectivity index (χ1n) is 22.4. The minimum Gasteiger partial charge on any atom is -0.380 e. The Morgan fingerprint density at radius 2 is 1.28 bits per heavy atom. The molecule has 1 heterocycles. The molecule has 4 rings (SSSR count). The van der Waals surface area contributed by atoms with E-state index in [1.54, 1.807) is 23.7 Å². The second kappa shape index (κ2) is 27.6. The van der Waals surface area contributed by atoms with Gasteiger partial charge in [-0.15, -0.1) is 5.10 Å². The van der Waals surface area contributed by atoms with Crippen LogP contribution in [0.5, 0.6) is 0 Å². The van der Waals surface area contributed by atoms with Crippen LogP contribution in [0.3, 0.4) is 0 Å². The molecule has 65 heavy (non-hydrogen) atoms. The van der Waals surface area contributed by atoms with E-state index < -0.39 is 27.8 Å². The lowest BCUT2D eigenvalue weighted by atomic mass is 9.91. The Hall–Kier alpha value is -4.79. The molecule has 0 aliphatic heterocycles. The van der Waals surface area contributed by atoms with Crippen LogP contribution in [0.25, 0.3) is 0 Å². The summed E-state index contributed by atoms with van der Waals surface area (Å²) in [5.41, 5.74) is 6.38. The zero-order valence-electron chi connectivity index (χ0n) is 41.5. The van der Waals surface area contributed by atoms with Gasteiger partial charge in [-0.25, -0.2) is 9.07 Å². The summed E-state index contributed by atoms with van der Waals surface area (Å²) in [5.74, 6) is -0.256. The molecule has 12 nitrogen and oxygen atoms in total. The average Bonchev–Trinajstić information content (AvgIpc) is 3.63. The summed E-state index contributed by atoms with van der Waals surface area (Å²) in [4.78, 5) is 35.6. The lowest BCUT2D eigenvalue weighted by Crippen LogP contribution is -2.40. The third-order valence-corrected chi connectivity index (χ3v) is 10.5. The van der Waals surface area contributed by atoms with E-state index in [9.17, 15) is 27.2 Å². The molecule has 0 spiro atoms. The fourth-order valence-corrected chi connectivity index (χ4v) is 6.64. The minimum absolute atomic E-state index is 0.0162. The number of carbonyl (C=O) groups excluding carboxylic acids is 3. The second-order valence-electron chi connectivity index (χ2n) is 19.9. The van der Waals surface area contributed by atoms with Crippen molar-refractivity contribution in [2.24, 2.45) is 10.8 Å². The SMILES string of the molecule is CC(C)(C)Cc1cn(CC[18F])nn1.CCCC(C(=O)c1ccc(C(C)C)cc1)S(=O)(=O)O.Cc1ccc(C(=O)NC(C)(C)C)cc1.Cc1ccc(C(=O)NCCOCCC(C)(C)C)cc1. The Morgan fingerprint density at radius 3 is 1.71 bits per heavy atom. The van der Waals surface area contributed by atoms with Crippen LogP contribution in [0.1, 0.15) is 162 Å². The number of alkyl halides is 1. The van der Waals surface area contributed by atoms with Gasteiger partial charge in [0.2, 0.25) is 0 Å². The predicted octanol–water partition coefficient (Wildman–Crippen LogP) is 10.6. The summed E-state index contributed by atoms with van der Waals surface area (Å²) in [6.45, 7) is 30.5. The van der Waals surface area contributed by atoms with Crippen LogP contribution in [0.2, 0.25) is 0 Å². The van der Waals surface area contributed by atoms with Gasteiger partial charge < -0.3 is 15.4 Å². The Labute approximate surface area is 389 Å². The molecule has 0 bridgehead atoms. The number of aromatic nitrogens is 3. The molecular weight excluding hydrogens is 845 g/mol. The zero-order chi connectivity index (χ0) is 49.6. The number of hydrogen-bond donors (Lipinski definition) is 3. The Bertz CT molecular complexity index is 2120. The maximum absolute atomic E-state index is 12.1. The lowest BCUT2D eigenvalue weighted by molar-refractivity contribution is 0.0882. The third-order valence-electron chi connectivity index (χ3n) is 9.32. The van der Waals surface area contributed by atoms with Crippen molar-refractivity contribution >= 4 is 27.7 Å². The maximum atomic E-state index is 12.1. The highest BCUT2D eigenvalue weighted by molar-refractivity contribution is 7.87. The van der Waals surface area contributed by atoms with E-state index in [1.165, 1.54) is 0 Å². The molecule has 3 N–H and O–H groups in total. The predicted molar refractivity (Wildman–Crippen MR) is 261 cm³/mol. The van der Waals surface area contributed by atoms with Crippen molar-refractivity contribution in [1.82, 2.24) is 25.6 Å². The highest BCUT2D eigenvalue weighted by Gasteiger charge is 2.30. The van der Waals surface area contributed by atoms with Crippen molar-refractivity contribution in [3.05, 3.63) is 118 Å². The lowest BCUT2D eigenvalue weighted by Gasteiger charge is -2.20. The van der Waals surface area contributed by atoms with E-state index in [2.05, 4.69) is 62.5 Å². The second-order valence-corrected chi connectivity index (χ2v) is 21.5. The normalized spacial score (nSPS) is 12.1. The number of amides is 2. The molecule has 0 fully saturated rings. The number of nitrogens with zero attached hydrogens (tertiary/aromatic N) is 3. The zero-order valence-corrected chi connectivity index (χ0v) is 42.4. The molecule has 4 aromatic rings. The third kappa shape index (κ3) is 26.1. The number of benzene rings is 3. The quantitative estimate of drug-likeness (QED) is 0.0562. The molecular formula is C51H78FN5O7S. The molecule has 2 amide bonds. The van der Waals surface area contributed by atoms with Gasteiger partial charge in [0.25, 0.3) is 21.9 Å². The van der Waals surface area contributed by atoms with Crippen molar-refractivity contribution in [3.63, 3.8) is 0 Å². The fourth-order valence-electron chi connectivity index (χ4n) is 5.70. The van der Waals surface area contributed by atoms with Crippen LogP contribution in [-0.4, -0.2) is 82.8 Å². The monoisotopic (exact) mass is 923 g/mol. The van der Waals surface area contributed by atoms with Crippen molar-refractivity contribution < 1.29 is 36.5 Å². The molecule has 0 aliphatic carbocycles. The largest absolute Gasteiger partial charge is 0.380 e. The van der Waals surface area contributed by atoms with E-state index >= 15 is 0 Å². The van der Waals surface area contributed by atoms with Gasteiger partial charge >= 0.3 is 0 Å². The highest BCUT2D eigenvalue weighted by Crippen LogP contribution is 2.20. The minimum atomic E-state index is -4.35. The van der Waals surface area contributed by atoms with Gasteiger partial charge in [0.15, 0.2) is 5.78 Å². The summed E-state index contributed by atoms with van der Waals surface area (Å²) in [6, 6.07) is 22.0. The van der Waals surface area contributed by atoms with Crippen LogP contribution >= 0.6 is 0 Å². The Kier molecular flexibility index (Phi) is 24.8. The molecule has 1 atom stereocenters. The summed E-state index contributed by atoms with van der Waals surface area (Å²) in [6.07, 6.45) is 4.35. The summed E-state index contributed by atoms with van der Waals surface area (Å²) in [5, 5.41) is 12.2. The van der Waals surface area contributed by atoms with Crippen LogP contribution < -0.4 is 10.6 Å².